The Hall–Kier alpha value is -2.00. The lowest BCUT2D eigenvalue weighted by Gasteiger charge is -2.18. The summed E-state index contributed by atoms with van der Waals surface area (Å²) in [5.74, 6) is 0. The molecular formula is C16H17ClN2O. The van der Waals surface area contributed by atoms with Crippen molar-refractivity contribution < 1.29 is 4.79 Å². The Labute approximate surface area is 124 Å². The van der Waals surface area contributed by atoms with Gasteiger partial charge in [-0.05, 0) is 23.3 Å². The third kappa shape index (κ3) is 4.28. The van der Waals surface area contributed by atoms with E-state index in [1.807, 2.05) is 54.6 Å². The number of hydrogen-bond acceptors (Lipinski definition) is 1. The molecule has 0 aromatic heterocycles. The molecule has 0 aliphatic carbocycles. The van der Waals surface area contributed by atoms with Crippen molar-refractivity contribution in [1.82, 2.24) is 10.2 Å². The summed E-state index contributed by atoms with van der Waals surface area (Å²) in [6, 6.07) is 17.2. The Morgan fingerprint density at radius 2 is 1.70 bits per heavy atom. The van der Waals surface area contributed by atoms with Crippen LogP contribution in [0.1, 0.15) is 11.1 Å². The van der Waals surface area contributed by atoms with E-state index in [2.05, 4.69) is 5.32 Å². The molecule has 104 valence electrons. The van der Waals surface area contributed by atoms with Crippen molar-refractivity contribution in [2.24, 2.45) is 0 Å². The van der Waals surface area contributed by atoms with E-state index < -0.39 is 0 Å². The van der Waals surface area contributed by atoms with Crippen LogP contribution in [0.15, 0.2) is 54.6 Å². The maximum absolute atomic E-state index is 12.0. The van der Waals surface area contributed by atoms with Crippen molar-refractivity contribution in [1.29, 1.82) is 0 Å². The Bertz CT molecular complexity index is 554. The molecule has 4 heteroatoms. The van der Waals surface area contributed by atoms with Crippen molar-refractivity contribution in [3.8, 4) is 0 Å². The fourth-order valence-corrected chi connectivity index (χ4v) is 1.97. The van der Waals surface area contributed by atoms with Crippen LogP contribution >= 0.6 is 11.6 Å². The standard InChI is InChI=1S/C16H17ClN2O/c1-19(12-14-7-9-15(17)10-8-14)16(20)18-11-13-5-3-2-4-6-13/h2-10H,11-12H2,1H3,(H,18,20). The van der Waals surface area contributed by atoms with Crippen LogP contribution in [0.4, 0.5) is 4.79 Å². The number of carbonyl (C=O) groups excluding carboxylic acids is 1. The van der Waals surface area contributed by atoms with E-state index in [4.69, 9.17) is 11.6 Å². The Morgan fingerprint density at radius 1 is 1.05 bits per heavy atom. The third-order valence-electron chi connectivity index (χ3n) is 2.97. The van der Waals surface area contributed by atoms with Crippen LogP contribution in [0.25, 0.3) is 0 Å². The van der Waals surface area contributed by atoms with Gasteiger partial charge in [0, 0.05) is 25.2 Å². The summed E-state index contributed by atoms with van der Waals surface area (Å²) >= 11 is 5.84. The topological polar surface area (TPSA) is 32.3 Å². The zero-order valence-electron chi connectivity index (χ0n) is 11.3. The molecule has 0 unspecified atom stereocenters. The number of nitrogens with one attached hydrogen (secondary N) is 1. The first kappa shape index (κ1) is 14.4. The normalized spacial score (nSPS) is 10.1. The maximum Gasteiger partial charge on any atom is 0.317 e. The SMILES string of the molecule is CN(Cc1ccc(Cl)cc1)C(=O)NCc1ccccc1. The smallest absolute Gasteiger partial charge is 0.317 e. The minimum Gasteiger partial charge on any atom is -0.334 e. The molecular weight excluding hydrogens is 272 g/mol. The average Bonchev–Trinajstić information content (AvgIpc) is 2.48. The predicted molar refractivity (Wildman–Crippen MR) is 81.6 cm³/mol. The largest absolute Gasteiger partial charge is 0.334 e. The van der Waals surface area contributed by atoms with Gasteiger partial charge in [0.2, 0.25) is 0 Å². The van der Waals surface area contributed by atoms with Gasteiger partial charge in [-0.25, -0.2) is 4.79 Å². The van der Waals surface area contributed by atoms with Gasteiger partial charge in [0.05, 0.1) is 0 Å². The molecule has 0 aliphatic heterocycles. The molecule has 0 saturated heterocycles. The van der Waals surface area contributed by atoms with E-state index in [9.17, 15) is 4.79 Å². The number of benzene rings is 2. The van der Waals surface area contributed by atoms with Crippen LogP contribution in [0.2, 0.25) is 5.02 Å². The van der Waals surface area contributed by atoms with Crippen molar-refractivity contribution in [3.05, 3.63) is 70.7 Å². The number of hydrogen-bond donors (Lipinski definition) is 1. The summed E-state index contributed by atoms with van der Waals surface area (Å²) in [5, 5.41) is 3.59. The second-order valence-corrected chi connectivity index (χ2v) is 5.06. The second-order valence-electron chi connectivity index (χ2n) is 4.63. The summed E-state index contributed by atoms with van der Waals surface area (Å²) in [4.78, 5) is 13.6. The predicted octanol–water partition coefficient (Wildman–Crippen LogP) is 3.68. The van der Waals surface area contributed by atoms with Crippen molar-refractivity contribution in [3.63, 3.8) is 0 Å². The molecule has 0 aliphatic rings. The molecule has 0 heterocycles. The maximum atomic E-state index is 12.0. The van der Waals surface area contributed by atoms with E-state index in [0.29, 0.717) is 18.1 Å². The number of nitrogens with zero attached hydrogens (tertiary/aromatic N) is 1. The van der Waals surface area contributed by atoms with Crippen LogP contribution in [0.3, 0.4) is 0 Å². The van der Waals surface area contributed by atoms with Gasteiger partial charge < -0.3 is 10.2 Å². The van der Waals surface area contributed by atoms with Gasteiger partial charge in [0.25, 0.3) is 0 Å². The Balaban J connectivity index is 1.84. The molecule has 2 amide bonds. The second kappa shape index (κ2) is 6.96. The fourth-order valence-electron chi connectivity index (χ4n) is 1.84. The number of rotatable bonds is 4. The van der Waals surface area contributed by atoms with Gasteiger partial charge in [-0.15, -0.1) is 0 Å². The molecule has 2 aromatic rings. The minimum atomic E-state index is -0.0937. The highest BCUT2D eigenvalue weighted by Gasteiger charge is 2.08. The molecule has 20 heavy (non-hydrogen) atoms. The molecule has 2 rings (SSSR count). The lowest BCUT2D eigenvalue weighted by molar-refractivity contribution is 0.206. The highest BCUT2D eigenvalue weighted by atomic mass is 35.5. The molecule has 3 nitrogen and oxygen atoms in total. The Morgan fingerprint density at radius 3 is 2.35 bits per heavy atom. The summed E-state index contributed by atoms with van der Waals surface area (Å²) < 4.78 is 0. The highest BCUT2D eigenvalue weighted by molar-refractivity contribution is 6.30. The van der Waals surface area contributed by atoms with Crippen molar-refractivity contribution in [2.75, 3.05) is 7.05 Å². The number of halogens is 1. The van der Waals surface area contributed by atoms with Crippen LogP contribution in [0, 0.1) is 0 Å². The van der Waals surface area contributed by atoms with Gasteiger partial charge in [0.15, 0.2) is 0 Å². The minimum absolute atomic E-state index is 0.0937. The third-order valence-corrected chi connectivity index (χ3v) is 3.22. The molecule has 0 saturated carbocycles. The zero-order valence-corrected chi connectivity index (χ0v) is 12.1. The molecule has 0 bridgehead atoms. The number of carbonyl (C=O) groups is 1. The van der Waals surface area contributed by atoms with E-state index in [0.717, 1.165) is 11.1 Å². The molecule has 0 radical (unpaired) electrons. The quantitative estimate of drug-likeness (QED) is 0.914. The van der Waals surface area contributed by atoms with Gasteiger partial charge in [-0.2, -0.15) is 0 Å². The van der Waals surface area contributed by atoms with Gasteiger partial charge in [-0.1, -0.05) is 54.1 Å². The molecule has 2 aromatic carbocycles. The van der Waals surface area contributed by atoms with Gasteiger partial charge in [0.1, 0.15) is 0 Å². The highest BCUT2D eigenvalue weighted by Crippen LogP contribution is 2.11. The van der Waals surface area contributed by atoms with Crippen LogP contribution in [-0.2, 0) is 13.1 Å². The van der Waals surface area contributed by atoms with Crippen LogP contribution in [0.5, 0.6) is 0 Å². The van der Waals surface area contributed by atoms with Gasteiger partial charge >= 0.3 is 6.03 Å². The fraction of sp³-hybridized carbons (Fsp3) is 0.188. The molecule has 1 N–H and O–H groups in total. The zero-order chi connectivity index (χ0) is 14.4. The summed E-state index contributed by atoms with van der Waals surface area (Å²) in [5.41, 5.74) is 2.13. The van der Waals surface area contributed by atoms with Crippen LogP contribution < -0.4 is 5.32 Å². The van der Waals surface area contributed by atoms with E-state index in [1.165, 1.54) is 0 Å². The number of urea groups is 1. The first-order valence-corrected chi connectivity index (χ1v) is 6.80. The molecule has 0 fully saturated rings. The summed E-state index contributed by atoms with van der Waals surface area (Å²) in [7, 11) is 1.77. The van der Waals surface area contributed by atoms with E-state index in [-0.39, 0.29) is 6.03 Å². The van der Waals surface area contributed by atoms with Crippen LogP contribution in [-0.4, -0.2) is 18.0 Å². The Kier molecular flexibility index (Phi) is 5.02. The van der Waals surface area contributed by atoms with Crippen molar-refractivity contribution >= 4 is 17.6 Å². The summed E-state index contributed by atoms with van der Waals surface area (Å²) in [6.45, 7) is 1.09. The van der Waals surface area contributed by atoms with E-state index in [1.54, 1.807) is 11.9 Å². The number of amides is 2. The lowest BCUT2D eigenvalue weighted by atomic mass is 10.2. The molecule has 0 spiro atoms. The van der Waals surface area contributed by atoms with E-state index >= 15 is 0 Å². The van der Waals surface area contributed by atoms with Gasteiger partial charge in [-0.3, -0.25) is 0 Å². The lowest BCUT2D eigenvalue weighted by Crippen LogP contribution is -2.36. The van der Waals surface area contributed by atoms with Crippen molar-refractivity contribution in [2.45, 2.75) is 13.1 Å². The summed E-state index contributed by atoms with van der Waals surface area (Å²) in [6.07, 6.45) is 0. The first-order chi connectivity index (χ1) is 9.65. The molecule has 0 atom stereocenters. The monoisotopic (exact) mass is 288 g/mol. The first-order valence-electron chi connectivity index (χ1n) is 6.42. The average molecular weight is 289 g/mol.